The van der Waals surface area contributed by atoms with Gasteiger partial charge in [-0.3, -0.25) is 58.0 Å². The van der Waals surface area contributed by atoms with E-state index in [0.29, 0.717) is 182 Å². The Bertz CT molecular complexity index is 4710. The number of amides is 8. The first-order valence-corrected chi connectivity index (χ1v) is 32.5. The van der Waals surface area contributed by atoms with E-state index in [1.165, 1.54) is 19.6 Å². The molecule has 0 radical (unpaired) electrons. The van der Waals surface area contributed by atoms with Gasteiger partial charge in [-0.25, -0.2) is 0 Å². The van der Waals surface area contributed by atoms with Crippen molar-refractivity contribution in [2.45, 2.75) is 131 Å². The molecule has 0 aromatic heterocycles. The molecule has 16 nitrogen and oxygen atoms in total. The molecule has 0 aliphatic carbocycles. The second kappa shape index (κ2) is 22.7. The van der Waals surface area contributed by atoms with E-state index in [-0.39, 0.29) is 60.8 Å². The van der Waals surface area contributed by atoms with Crippen LogP contribution in [0.2, 0.25) is 0 Å². The highest BCUT2D eigenvalue weighted by Crippen LogP contribution is 2.54. The lowest BCUT2D eigenvalue weighted by Crippen LogP contribution is -2.46. The maximum Gasteiger partial charge on any atom is 0.261 e. The number of rotatable bonds is 20. The zero-order valence-electron chi connectivity index (χ0n) is 53.4. The van der Waals surface area contributed by atoms with Crippen molar-refractivity contribution in [2.24, 2.45) is 0 Å². The van der Waals surface area contributed by atoms with Gasteiger partial charge in [0.25, 0.3) is 47.3 Å². The van der Waals surface area contributed by atoms with Crippen molar-refractivity contribution in [3.63, 3.8) is 0 Å². The molecule has 92 heavy (non-hydrogen) atoms. The van der Waals surface area contributed by atoms with Gasteiger partial charge in [-0.15, -0.1) is 0 Å². The number of nitrogens with zero attached hydrogens (tertiary/aromatic N) is 4. The van der Waals surface area contributed by atoms with E-state index in [9.17, 15) is 9.59 Å². The summed E-state index contributed by atoms with van der Waals surface area (Å²) >= 11 is 0. The fourth-order valence-electron chi connectivity index (χ4n) is 15.9. The third-order valence-electron chi connectivity index (χ3n) is 20.4. The highest BCUT2D eigenvalue weighted by molar-refractivity contribution is 6.45. The standard InChI is InChI=1S/C76H70N4O12/c1-11-39(12-2)77-69(81)47-27-23-45-63-55(91-31-29-89-9)35-53-61-49(71(83)79(75(53)87)41(15-5)16-6)25-21-43(67(61)63)57-37(33-51(73(77)85)59(47)65(45)57)19-20-38-34-52-60-48(70(82)78(74(52)86)40(13-3)14-4)28-24-46-64-56(92-32-30-90-10)36-54-62-50(26-22-44(68(62)64)58(38)66(46)60)72(84)80(76(54)88)42(17-7)18-8/h21-28,33-36,39-42H,11-18,29-32H2,1-10H3. The molecule has 4 aliphatic heterocycles. The molecule has 14 rings (SSSR count). The van der Waals surface area contributed by atoms with E-state index in [1.54, 1.807) is 62.8 Å². The number of imide groups is 4. The Labute approximate surface area is 531 Å². The maximum absolute atomic E-state index is 15.5. The third kappa shape index (κ3) is 8.16. The molecule has 10 aromatic rings. The molecule has 4 heterocycles. The molecule has 466 valence electrons. The molecule has 0 spiro atoms. The Balaban J connectivity index is 1.15. The highest BCUT2D eigenvalue weighted by Gasteiger charge is 2.44. The number of benzene rings is 10. The maximum atomic E-state index is 15.5. The summed E-state index contributed by atoms with van der Waals surface area (Å²) < 4.78 is 24.3. The van der Waals surface area contributed by atoms with Gasteiger partial charge in [0.15, 0.2) is 0 Å². The van der Waals surface area contributed by atoms with Crippen LogP contribution in [0.5, 0.6) is 11.5 Å². The van der Waals surface area contributed by atoms with Crippen LogP contribution in [-0.2, 0) is 9.47 Å². The number of carbonyl (C=O) groups is 8. The van der Waals surface area contributed by atoms with E-state index < -0.39 is 59.3 Å². The summed E-state index contributed by atoms with van der Waals surface area (Å²) in [6.07, 6.45) is 4.23. The molecule has 0 atom stereocenters. The monoisotopic (exact) mass is 1230 g/mol. The van der Waals surface area contributed by atoms with Crippen molar-refractivity contribution in [3.8, 4) is 23.3 Å². The lowest BCUT2D eigenvalue weighted by atomic mass is 9.79. The molecular weight excluding hydrogens is 1160 g/mol. The first kappa shape index (κ1) is 60.0. The van der Waals surface area contributed by atoms with Crippen LogP contribution in [0.15, 0.2) is 72.8 Å². The molecular formula is C76H70N4O12. The number of hydrogen-bond acceptors (Lipinski definition) is 12. The van der Waals surface area contributed by atoms with Gasteiger partial charge in [0.1, 0.15) is 24.7 Å². The first-order valence-electron chi connectivity index (χ1n) is 32.5. The minimum atomic E-state index is -0.487. The second-order valence-corrected chi connectivity index (χ2v) is 24.7. The zero-order chi connectivity index (χ0) is 64.6. The molecule has 0 saturated carbocycles. The van der Waals surface area contributed by atoms with Gasteiger partial charge < -0.3 is 18.9 Å². The summed E-state index contributed by atoms with van der Waals surface area (Å²) in [6, 6.07) is 19.8. The third-order valence-corrected chi connectivity index (χ3v) is 20.4. The molecule has 16 heteroatoms. The number of methoxy groups -OCH3 is 2. The topological polar surface area (TPSA) is 186 Å². The van der Waals surface area contributed by atoms with E-state index in [0.717, 1.165) is 0 Å². The molecule has 0 saturated heterocycles. The number of hydrogen-bond donors (Lipinski definition) is 0. The summed E-state index contributed by atoms with van der Waals surface area (Å²) in [6.45, 7) is 16.3. The summed E-state index contributed by atoms with van der Waals surface area (Å²) in [5.74, 6) is 4.33. The van der Waals surface area contributed by atoms with Crippen LogP contribution in [0, 0.1) is 11.8 Å². The number of fused-ring (bicyclic) bond motifs is 4. The normalized spacial score (nSPS) is 15.0. The van der Waals surface area contributed by atoms with Crippen LogP contribution in [-0.4, -0.2) is 132 Å². The van der Waals surface area contributed by atoms with Crippen molar-refractivity contribution in [1.29, 1.82) is 0 Å². The highest BCUT2D eigenvalue weighted by atomic mass is 16.5. The molecule has 0 bridgehead atoms. The predicted molar refractivity (Wildman–Crippen MR) is 356 cm³/mol. The Hall–Kier alpha value is -9.56. The number of ether oxygens (including phenoxy) is 4. The molecule has 0 fully saturated rings. The molecule has 8 amide bonds. The molecule has 10 aromatic carbocycles. The Kier molecular flexibility index (Phi) is 14.8. The van der Waals surface area contributed by atoms with E-state index >= 15 is 28.8 Å². The lowest BCUT2D eigenvalue weighted by molar-refractivity contribution is 0.0514. The van der Waals surface area contributed by atoms with Crippen LogP contribution in [0.1, 0.15) is 201 Å². The van der Waals surface area contributed by atoms with E-state index in [2.05, 4.69) is 11.8 Å². The van der Waals surface area contributed by atoms with Gasteiger partial charge in [0.2, 0.25) is 0 Å². The van der Waals surface area contributed by atoms with Gasteiger partial charge in [-0.2, -0.15) is 0 Å². The summed E-state index contributed by atoms with van der Waals surface area (Å²) in [7, 11) is 3.14. The minimum absolute atomic E-state index is 0.108. The van der Waals surface area contributed by atoms with Crippen molar-refractivity contribution in [2.75, 3.05) is 40.6 Å². The fraction of sp³-hybridized carbons (Fsp3) is 0.342. The molecule has 0 unspecified atom stereocenters. The summed E-state index contributed by atoms with van der Waals surface area (Å²) in [5.41, 5.74) is 3.15. The van der Waals surface area contributed by atoms with Gasteiger partial charge in [-0.1, -0.05) is 91.5 Å². The van der Waals surface area contributed by atoms with Crippen molar-refractivity contribution in [3.05, 3.63) is 128 Å². The van der Waals surface area contributed by atoms with Crippen LogP contribution < -0.4 is 9.47 Å². The van der Waals surface area contributed by atoms with E-state index in [4.69, 9.17) is 18.9 Å². The average Bonchev–Trinajstić information content (AvgIpc) is 0.688. The second-order valence-electron chi connectivity index (χ2n) is 24.7. The van der Waals surface area contributed by atoms with Crippen molar-refractivity contribution >= 4 is 133 Å². The summed E-state index contributed by atoms with van der Waals surface area (Å²) in [5, 5.41) is 8.58. The smallest absolute Gasteiger partial charge is 0.261 e. The quantitative estimate of drug-likeness (QED) is 0.0231. The van der Waals surface area contributed by atoms with Crippen LogP contribution in [0.3, 0.4) is 0 Å². The van der Waals surface area contributed by atoms with Gasteiger partial charge in [-0.05, 0) is 121 Å². The molecule has 0 N–H and O–H groups in total. The van der Waals surface area contributed by atoms with Gasteiger partial charge >= 0.3 is 0 Å². The first-order chi connectivity index (χ1) is 44.6. The molecule has 4 aliphatic rings. The zero-order valence-corrected chi connectivity index (χ0v) is 53.4. The van der Waals surface area contributed by atoms with Crippen LogP contribution in [0.4, 0.5) is 0 Å². The van der Waals surface area contributed by atoms with E-state index in [1.807, 2.05) is 79.7 Å². The Morgan fingerprint density at radius 2 is 0.533 bits per heavy atom. The van der Waals surface area contributed by atoms with Gasteiger partial charge in [0, 0.05) is 148 Å². The van der Waals surface area contributed by atoms with Crippen molar-refractivity contribution < 1.29 is 57.3 Å². The lowest BCUT2D eigenvalue weighted by Gasteiger charge is -2.35. The fourth-order valence-corrected chi connectivity index (χ4v) is 15.9. The summed E-state index contributed by atoms with van der Waals surface area (Å²) in [4.78, 5) is 127. The Morgan fingerprint density at radius 3 is 0.793 bits per heavy atom. The largest absolute Gasteiger partial charge is 0.490 e. The average molecular weight is 1230 g/mol. The van der Waals surface area contributed by atoms with Crippen LogP contribution >= 0.6 is 0 Å². The predicted octanol–water partition coefficient (Wildman–Crippen LogP) is 14.4. The van der Waals surface area contributed by atoms with Crippen LogP contribution in [0.25, 0.3) is 86.2 Å². The minimum Gasteiger partial charge on any atom is -0.490 e. The number of carbonyl (C=O) groups excluding carboxylic acids is 8. The van der Waals surface area contributed by atoms with Gasteiger partial charge in [0.05, 0.1) is 24.3 Å². The Morgan fingerprint density at radius 1 is 0.293 bits per heavy atom. The van der Waals surface area contributed by atoms with Crippen molar-refractivity contribution in [1.82, 2.24) is 19.6 Å². The SMILES string of the molecule is CCC(CC)N1C(=O)c2ccc3c4c(OCCOC)cc5c6c(ccc(c7c(C#Cc8cc9c%10c(ccc%11c%12c(OCCOC)cc%13c%14c(ccc(c8c%10%11)c%14%12)C(=O)N(C(CC)CC)C%13=O)C(=O)N(C(CC)CC)C9=O)cc(c2c37)C1=O)c64)C(=O)N(C(CC)CC)C5=O.